The average Bonchev–Trinajstić information content (AvgIpc) is 2.80. The van der Waals surface area contributed by atoms with Gasteiger partial charge in [0.2, 0.25) is 5.16 Å². The smallest absolute Gasteiger partial charge is 0.314 e. The molecule has 2 rings (SSSR count). The number of anilines is 1. The Kier molecular flexibility index (Phi) is 5.11. The summed E-state index contributed by atoms with van der Waals surface area (Å²) in [6.45, 7) is 3.26. The second-order valence-electron chi connectivity index (χ2n) is 5.17. The van der Waals surface area contributed by atoms with Crippen molar-refractivity contribution in [3.05, 3.63) is 29.8 Å². The molecule has 1 amide bonds. The van der Waals surface area contributed by atoms with Crippen LogP contribution < -0.4 is 4.90 Å². The Morgan fingerprint density at radius 2 is 1.75 bits per heavy atom. The molecule has 0 aromatic heterocycles. The molecule has 0 saturated heterocycles. The number of rotatable bonds is 6. The molecule has 0 saturated carbocycles. The maximum atomic E-state index is 13.6. The molecule has 1 aromatic rings. The molecule has 0 radical (unpaired) electrons. The summed E-state index contributed by atoms with van der Waals surface area (Å²) in [6, 6.07) is 10.3. The molecule has 0 fully saturated rings. The fraction of sp³-hybridized carbons (Fsp3) is 0.438. The Bertz CT molecular complexity index is 758. The van der Waals surface area contributed by atoms with Crippen molar-refractivity contribution in [2.24, 2.45) is 5.92 Å². The first-order chi connectivity index (χ1) is 11.4. The van der Waals surface area contributed by atoms with Gasteiger partial charge in [-0.05, 0) is 19.9 Å². The van der Waals surface area contributed by atoms with E-state index in [1.54, 1.807) is 38.1 Å². The molecule has 0 N–H and O–H groups in total. The van der Waals surface area contributed by atoms with Crippen LogP contribution in [-0.2, 0) is 23.6 Å². The van der Waals surface area contributed by atoms with Crippen LogP contribution in [0.1, 0.15) is 19.4 Å². The monoisotopic (exact) mass is 347 g/mol. The Morgan fingerprint density at radius 1 is 1.21 bits per heavy atom. The van der Waals surface area contributed by atoms with Crippen LogP contribution >= 0.6 is 7.60 Å². The van der Waals surface area contributed by atoms with E-state index in [-0.39, 0.29) is 13.2 Å². The summed E-state index contributed by atoms with van der Waals surface area (Å²) in [5.41, 5.74) is 0.800. The molecule has 1 aliphatic rings. The molecule has 1 unspecified atom stereocenters. The van der Waals surface area contributed by atoms with Gasteiger partial charge in [0, 0.05) is 18.3 Å². The van der Waals surface area contributed by atoms with Gasteiger partial charge >= 0.3 is 7.60 Å². The van der Waals surface area contributed by atoms with Gasteiger partial charge in [0.05, 0.1) is 25.4 Å². The summed E-state index contributed by atoms with van der Waals surface area (Å²) in [6.07, 6.45) is 0. The Balaban J connectivity index is 2.90. The molecular formula is C16H18N3O4P. The number of benzene rings is 1. The lowest BCUT2D eigenvalue weighted by atomic mass is 9.87. The number of likely N-dealkylation sites (N-methyl/N-ethyl adjacent to an activating group) is 1. The molecule has 126 valence electrons. The van der Waals surface area contributed by atoms with Crippen molar-refractivity contribution in [1.29, 1.82) is 10.5 Å². The van der Waals surface area contributed by atoms with E-state index in [0.717, 1.165) is 0 Å². The molecular weight excluding hydrogens is 329 g/mol. The highest BCUT2D eigenvalue weighted by atomic mass is 31.2. The minimum absolute atomic E-state index is 0.0156. The lowest BCUT2D eigenvalue weighted by Crippen LogP contribution is -2.44. The second-order valence-corrected chi connectivity index (χ2v) is 7.39. The van der Waals surface area contributed by atoms with Crippen LogP contribution in [0.15, 0.2) is 24.3 Å². The summed E-state index contributed by atoms with van der Waals surface area (Å²) < 4.78 is 24.4. The molecule has 0 aliphatic carbocycles. The maximum Gasteiger partial charge on any atom is 0.353 e. The highest BCUT2D eigenvalue weighted by Crippen LogP contribution is 2.71. The van der Waals surface area contributed by atoms with Crippen LogP contribution in [-0.4, -0.2) is 26.2 Å². The van der Waals surface area contributed by atoms with E-state index in [4.69, 9.17) is 9.05 Å². The maximum absolute atomic E-state index is 13.6. The zero-order valence-corrected chi connectivity index (χ0v) is 14.6. The number of hydrogen-bond donors (Lipinski definition) is 0. The fourth-order valence-electron chi connectivity index (χ4n) is 3.07. The van der Waals surface area contributed by atoms with Gasteiger partial charge in [0.15, 0.2) is 5.92 Å². The molecule has 24 heavy (non-hydrogen) atoms. The average molecular weight is 347 g/mol. The van der Waals surface area contributed by atoms with Crippen LogP contribution in [0.5, 0.6) is 0 Å². The van der Waals surface area contributed by atoms with Crippen molar-refractivity contribution in [1.82, 2.24) is 0 Å². The summed E-state index contributed by atoms with van der Waals surface area (Å²) in [7, 11) is -2.64. The van der Waals surface area contributed by atoms with E-state index in [1.807, 2.05) is 12.1 Å². The van der Waals surface area contributed by atoms with Gasteiger partial charge in [-0.1, -0.05) is 18.2 Å². The molecule has 0 spiro atoms. The predicted molar refractivity (Wildman–Crippen MR) is 87.1 cm³/mol. The van der Waals surface area contributed by atoms with Gasteiger partial charge in [-0.3, -0.25) is 9.36 Å². The van der Waals surface area contributed by atoms with Crippen LogP contribution in [0.2, 0.25) is 0 Å². The zero-order chi connectivity index (χ0) is 18.0. The van der Waals surface area contributed by atoms with E-state index < -0.39 is 24.6 Å². The molecule has 7 nitrogen and oxygen atoms in total. The third-order valence-corrected chi connectivity index (χ3v) is 6.76. The van der Waals surface area contributed by atoms with Crippen LogP contribution in [0.4, 0.5) is 5.69 Å². The van der Waals surface area contributed by atoms with Gasteiger partial charge in [-0.25, -0.2) is 0 Å². The van der Waals surface area contributed by atoms with E-state index in [0.29, 0.717) is 11.3 Å². The largest absolute Gasteiger partial charge is 0.353 e. The van der Waals surface area contributed by atoms with Gasteiger partial charge in [-0.2, -0.15) is 10.5 Å². The number of hydrogen-bond acceptors (Lipinski definition) is 6. The fourth-order valence-corrected chi connectivity index (χ4v) is 5.53. The Labute approximate surface area is 140 Å². The molecule has 0 bridgehead atoms. The van der Waals surface area contributed by atoms with Gasteiger partial charge in [0.25, 0.3) is 5.91 Å². The van der Waals surface area contributed by atoms with Crippen molar-refractivity contribution in [3.8, 4) is 12.1 Å². The minimum atomic E-state index is -4.15. The first-order valence-corrected chi connectivity index (χ1v) is 9.04. The lowest BCUT2D eigenvalue weighted by Gasteiger charge is -2.35. The Hall–Kier alpha value is -2.18. The van der Waals surface area contributed by atoms with E-state index in [1.165, 1.54) is 11.9 Å². The third-order valence-electron chi connectivity index (χ3n) is 4.01. The first kappa shape index (κ1) is 18.2. The van der Waals surface area contributed by atoms with Crippen LogP contribution in [0.3, 0.4) is 0 Å². The SMILES string of the molecule is CCOP(=O)(OCC)C1(C(C#N)C#N)C(=O)N(C)c2ccccc21. The summed E-state index contributed by atoms with van der Waals surface area (Å²) in [5.74, 6) is -2.15. The number of carbonyl (C=O) groups is 1. The number of amides is 1. The number of nitriles is 2. The molecule has 1 aromatic carbocycles. The van der Waals surface area contributed by atoms with E-state index in [2.05, 4.69) is 0 Å². The van der Waals surface area contributed by atoms with Crippen LogP contribution in [0, 0.1) is 28.6 Å². The lowest BCUT2D eigenvalue weighted by molar-refractivity contribution is -0.121. The van der Waals surface area contributed by atoms with Crippen molar-refractivity contribution in [2.45, 2.75) is 19.0 Å². The molecule has 1 heterocycles. The normalized spacial score (nSPS) is 19.9. The quantitative estimate of drug-likeness (QED) is 0.733. The first-order valence-electron chi connectivity index (χ1n) is 7.50. The van der Waals surface area contributed by atoms with E-state index in [9.17, 15) is 19.9 Å². The van der Waals surface area contributed by atoms with Crippen LogP contribution in [0.25, 0.3) is 0 Å². The predicted octanol–water partition coefficient (Wildman–Crippen LogP) is 2.79. The molecule has 8 heteroatoms. The number of nitrogens with zero attached hydrogens (tertiary/aromatic N) is 3. The number of fused-ring (bicyclic) bond motifs is 1. The second kappa shape index (κ2) is 6.75. The number of para-hydroxylation sites is 1. The van der Waals surface area contributed by atoms with E-state index >= 15 is 0 Å². The minimum Gasteiger partial charge on any atom is -0.314 e. The van der Waals surface area contributed by atoms with Crippen molar-refractivity contribution < 1.29 is 18.4 Å². The topological polar surface area (TPSA) is 103 Å². The summed E-state index contributed by atoms with van der Waals surface area (Å²) >= 11 is 0. The Morgan fingerprint density at radius 3 is 2.25 bits per heavy atom. The van der Waals surface area contributed by atoms with Gasteiger partial charge < -0.3 is 13.9 Å². The number of carbonyl (C=O) groups excluding carboxylic acids is 1. The summed E-state index contributed by atoms with van der Waals surface area (Å²) in [5, 5.41) is 17.0. The molecule has 1 aliphatic heterocycles. The van der Waals surface area contributed by atoms with Gasteiger partial charge in [-0.15, -0.1) is 0 Å². The van der Waals surface area contributed by atoms with Crippen molar-refractivity contribution in [2.75, 3.05) is 25.2 Å². The highest BCUT2D eigenvalue weighted by molar-refractivity contribution is 7.56. The van der Waals surface area contributed by atoms with Crippen molar-refractivity contribution >= 4 is 19.2 Å². The standard InChI is InChI=1S/C16H18N3O4P/c1-4-22-24(21,23-5-2)16(12(10-17)11-18)13-8-6-7-9-14(13)19(3)15(16)20/h6-9,12H,4-5H2,1-3H3. The van der Waals surface area contributed by atoms with Gasteiger partial charge in [0.1, 0.15) is 0 Å². The summed E-state index contributed by atoms with van der Waals surface area (Å²) in [4.78, 5) is 14.4. The third kappa shape index (κ3) is 2.25. The van der Waals surface area contributed by atoms with Crippen molar-refractivity contribution in [3.63, 3.8) is 0 Å². The zero-order valence-electron chi connectivity index (χ0n) is 13.7. The highest BCUT2D eigenvalue weighted by Gasteiger charge is 2.68. The molecule has 1 atom stereocenters.